The molecule has 0 saturated heterocycles. The third kappa shape index (κ3) is 2.47. The van der Waals surface area contributed by atoms with Crippen molar-refractivity contribution in [1.82, 2.24) is 0 Å². The summed E-state index contributed by atoms with van der Waals surface area (Å²) in [5.41, 5.74) is 0. The summed E-state index contributed by atoms with van der Waals surface area (Å²) in [5, 5.41) is 9.59. The van der Waals surface area contributed by atoms with Crippen molar-refractivity contribution in [3.8, 4) is 0 Å². The Kier molecular flexibility index (Phi) is 3.12. The van der Waals surface area contributed by atoms with Crippen molar-refractivity contribution in [3.63, 3.8) is 0 Å². The van der Waals surface area contributed by atoms with E-state index in [1.54, 1.807) is 13.4 Å². The molecule has 0 atom stereocenters. The van der Waals surface area contributed by atoms with Crippen LogP contribution in [0.4, 0.5) is 4.79 Å². The molecule has 0 aromatic carbocycles. The smallest absolute Gasteiger partial charge is 1.00 e. The number of hydrogen-bond donors (Lipinski definition) is 0. The molecular weight excluding hydrogens is 99.4 g/mol. The van der Waals surface area contributed by atoms with Crippen molar-refractivity contribution < 1.29 is 39.5 Å². The van der Waals surface area contributed by atoms with Gasteiger partial charge in [0.2, 0.25) is 0 Å². The minimum absolute atomic E-state index is 0. The molecule has 0 unspecified atom stereocenters. The SMILES string of the molecule is O=C([O-])B1B=B1.[Na+]. The zero-order valence-electron chi connectivity index (χ0n) is 4.05. The fourth-order valence-corrected chi connectivity index (χ4v) is 0.213. The molecule has 1 rings (SSSR count). The van der Waals surface area contributed by atoms with Gasteiger partial charge in [-0.25, -0.2) is 0 Å². The standard InChI is InChI=1S/CHB3O2.Na/c5-1(6)4-2-3-4;/h(H,5,6);/q;+1/p-1. The second kappa shape index (κ2) is 2.85. The van der Waals surface area contributed by atoms with Crippen LogP contribution >= 0.6 is 0 Å². The van der Waals surface area contributed by atoms with E-state index in [0.29, 0.717) is 0 Å². The molecule has 0 radical (unpaired) electrons. The average molecular weight is 99.4 g/mol. The monoisotopic (exact) mass is 100 g/mol. The van der Waals surface area contributed by atoms with Crippen LogP contribution in [0.5, 0.6) is 0 Å². The van der Waals surface area contributed by atoms with Gasteiger partial charge in [-0.15, -0.1) is 0 Å². The summed E-state index contributed by atoms with van der Waals surface area (Å²) in [6.07, 6.45) is 0. The van der Waals surface area contributed by atoms with Gasteiger partial charge in [0.1, 0.15) is 0 Å². The van der Waals surface area contributed by atoms with Gasteiger partial charge < -0.3 is 0 Å². The Morgan fingerprint density at radius 3 is 2.00 bits per heavy atom. The third-order valence-electron chi connectivity index (χ3n) is 0.657. The largest absolute Gasteiger partial charge is 1.00 e. The molecule has 2 nitrogen and oxygen atoms in total. The average Bonchev–Trinajstić information content (AvgIpc) is 2.06. The Bertz CT molecular complexity index is 106. The number of rotatable bonds is 1. The van der Waals surface area contributed by atoms with Crippen LogP contribution in [-0.4, -0.2) is 25.7 Å². The zero-order chi connectivity index (χ0) is 4.57. The maximum absolute atomic E-state index is 9.59. The van der Waals surface area contributed by atoms with E-state index in [1.165, 1.54) is 0 Å². The third-order valence-corrected chi connectivity index (χ3v) is 0.657. The molecule has 0 bridgehead atoms. The van der Waals surface area contributed by atoms with E-state index in [9.17, 15) is 9.90 Å². The van der Waals surface area contributed by atoms with Gasteiger partial charge in [0.15, 0.2) is 0 Å². The topological polar surface area (TPSA) is 40.1 Å². The first kappa shape index (κ1) is 7.66. The predicted octanol–water partition coefficient (Wildman–Crippen LogP) is -5.26. The van der Waals surface area contributed by atoms with Gasteiger partial charge in [-0.2, -0.15) is 0 Å². The van der Waals surface area contributed by atoms with Gasteiger partial charge in [-0.05, 0) is 0 Å². The zero-order valence-corrected chi connectivity index (χ0v) is 6.05. The summed E-state index contributed by atoms with van der Waals surface area (Å²) in [6, 6.07) is 0. The molecule has 0 N–H and O–H groups in total. The molecule has 0 amide bonds. The van der Waals surface area contributed by atoms with Crippen LogP contribution in [0.25, 0.3) is 0 Å². The number of carboxylic acid groups (broad SMARTS) is 1. The van der Waals surface area contributed by atoms with Crippen molar-refractivity contribution in [2.45, 2.75) is 0 Å². The predicted molar refractivity (Wildman–Crippen MR) is 22.7 cm³/mol. The van der Waals surface area contributed by atoms with Crippen molar-refractivity contribution in [2.24, 2.45) is 0 Å². The van der Waals surface area contributed by atoms with E-state index in [4.69, 9.17) is 0 Å². The number of carbonyl (C=O) groups is 1. The van der Waals surface area contributed by atoms with Gasteiger partial charge in [0.05, 0.1) is 0 Å². The molecule has 0 saturated carbocycles. The molecule has 6 heteroatoms. The number of carbonyl (C=O) groups excluding carboxylic acids is 1. The van der Waals surface area contributed by atoms with Gasteiger partial charge in [-0.3, -0.25) is 0 Å². The maximum Gasteiger partial charge on any atom is 1.00 e. The van der Waals surface area contributed by atoms with Crippen LogP contribution in [0.3, 0.4) is 0 Å². The van der Waals surface area contributed by atoms with E-state index in [-0.39, 0.29) is 36.1 Å². The molecule has 1 heterocycles. The summed E-state index contributed by atoms with van der Waals surface area (Å²) < 4.78 is 0. The van der Waals surface area contributed by atoms with Crippen LogP contribution in [0.1, 0.15) is 0 Å². The Labute approximate surface area is 65.1 Å². The Morgan fingerprint density at radius 2 is 2.00 bits per heavy atom. The first-order valence-electron chi connectivity index (χ1n) is 1.70. The van der Waals surface area contributed by atoms with Crippen molar-refractivity contribution in [2.75, 3.05) is 0 Å². The Hall–Kier alpha value is 0.665. The van der Waals surface area contributed by atoms with Crippen LogP contribution < -0.4 is 34.7 Å². The van der Waals surface area contributed by atoms with Crippen molar-refractivity contribution in [3.05, 3.63) is 0 Å². The number of hydrogen-bond acceptors (Lipinski definition) is 2. The van der Waals surface area contributed by atoms with Gasteiger partial charge >= 0.3 is 65.2 Å². The van der Waals surface area contributed by atoms with Crippen molar-refractivity contribution in [1.29, 1.82) is 0 Å². The summed E-state index contributed by atoms with van der Waals surface area (Å²) in [4.78, 5) is 9.59. The van der Waals surface area contributed by atoms with Crippen LogP contribution in [0.2, 0.25) is 0 Å². The quantitative estimate of drug-likeness (QED) is 0.308. The van der Waals surface area contributed by atoms with E-state index in [2.05, 4.69) is 0 Å². The maximum atomic E-state index is 9.59. The first-order chi connectivity index (χ1) is 2.80. The minimum Gasteiger partial charge on any atom is 1.00 e. The van der Waals surface area contributed by atoms with Crippen LogP contribution in [0.15, 0.2) is 0 Å². The minimum atomic E-state index is -0.991. The molecule has 0 aromatic rings. The second-order valence-electron chi connectivity index (χ2n) is 1.23. The van der Waals surface area contributed by atoms with Crippen LogP contribution in [-0.2, 0) is 0 Å². The fraction of sp³-hybridized carbons (Fsp3) is 0. The van der Waals surface area contributed by atoms with Crippen molar-refractivity contribution >= 4 is 25.7 Å². The second-order valence-corrected chi connectivity index (χ2v) is 1.23. The first-order valence-corrected chi connectivity index (χ1v) is 1.70. The fourth-order valence-electron chi connectivity index (χ4n) is 0.213. The summed E-state index contributed by atoms with van der Waals surface area (Å²) in [5.74, 6) is -0.991. The summed E-state index contributed by atoms with van der Waals surface area (Å²) in [6.45, 7) is 2.81. The molecule has 1 aliphatic rings. The molecular formula is CB3NaO2. The Balaban J connectivity index is 0.000000360. The molecule has 0 spiro atoms. The van der Waals surface area contributed by atoms with Gasteiger partial charge in [0, 0.05) is 0 Å². The molecule has 0 aromatic heterocycles. The summed E-state index contributed by atoms with van der Waals surface area (Å²) in [7, 11) is 0. The van der Waals surface area contributed by atoms with E-state index in [0.717, 1.165) is 0 Å². The van der Waals surface area contributed by atoms with Gasteiger partial charge in [-0.1, -0.05) is 0 Å². The van der Waals surface area contributed by atoms with Crippen LogP contribution in [0, 0.1) is 0 Å². The van der Waals surface area contributed by atoms with E-state index < -0.39 is 5.87 Å². The molecule has 0 fully saturated rings. The molecule has 7 heavy (non-hydrogen) atoms. The molecule has 0 aliphatic carbocycles. The Morgan fingerprint density at radius 1 is 1.57 bits per heavy atom. The summed E-state index contributed by atoms with van der Waals surface area (Å²) >= 11 is 0. The van der Waals surface area contributed by atoms with E-state index in [1.807, 2.05) is 0 Å². The normalized spacial score (nSPS) is 10.6. The van der Waals surface area contributed by atoms with E-state index >= 15 is 0 Å². The van der Waals surface area contributed by atoms with Gasteiger partial charge in [0.25, 0.3) is 0 Å². The molecule has 26 valence electrons. The molecule has 1 aliphatic heterocycles.